The number of aryl methyl sites for hydroxylation is 1. The van der Waals surface area contributed by atoms with E-state index in [1.807, 2.05) is 20.8 Å². The molecule has 2 rings (SSSR count). The van der Waals surface area contributed by atoms with Crippen molar-refractivity contribution in [1.29, 1.82) is 0 Å². The maximum atomic E-state index is 12.6. The molecule has 0 aromatic heterocycles. The van der Waals surface area contributed by atoms with Crippen LogP contribution < -0.4 is 4.72 Å². The van der Waals surface area contributed by atoms with Crippen LogP contribution in [0.4, 0.5) is 0 Å². The first-order valence-electron chi connectivity index (χ1n) is 7.85. The topological polar surface area (TPSA) is 75.7 Å². The Labute approximate surface area is 137 Å². The fraction of sp³-hybridized carbons (Fsp3) is 0.562. The predicted molar refractivity (Wildman–Crippen MR) is 88.0 cm³/mol. The van der Waals surface area contributed by atoms with Gasteiger partial charge in [-0.3, -0.25) is 4.79 Å². The molecule has 1 heterocycles. The average Bonchev–Trinajstić information content (AvgIpc) is 2.54. The molecule has 1 aromatic carbocycles. The van der Waals surface area contributed by atoms with Crippen LogP contribution in [-0.2, 0) is 14.8 Å². The molecule has 0 spiro atoms. The predicted octanol–water partition coefficient (Wildman–Crippen LogP) is 1.54. The van der Waals surface area contributed by atoms with Crippen LogP contribution in [0.3, 0.4) is 0 Å². The number of ether oxygens (including phenoxy) is 1. The van der Waals surface area contributed by atoms with E-state index in [4.69, 9.17) is 4.74 Å². The Bertz CT molecular complexity index is 667. The van der Waals surface area contributed by atoms with Gasteiger partial charge in [0.25, 0.3) is 5.91 Å². The van der Waals surface area contributed by atoms with Gasteiger partial charge in [-0.05, 0) is 38.0 Å². The maximum Gasteiger partial charge on any atom is 0.254 e. The molecule has 7 heteroatoms. The van der Waals surface area contributed by atoms with E-state index in [9.17, 15) is 13.2 Å². The van der Waals surface area contributed by atoms with E-state index in [1.54, 1.807) is 11.0 Å². The van der Waals surface area contributed by atoms with Crippen molar-refractivity contribution in [3.8, 4) is 0 Å². The van der Waals surface area contributed by atoms with Gasteiger partial charge in [-0.2, -0.15) is 0 Å². The van der Waals surface area contributed by atoms with Crippen LogP contribution in [0.15, 0.2) is 23.1 Å². The van der Waals surface area contributed by atoms with Crippen molar-refractivity contribution in [3.63, 3.8) is 0 Å². The molecule has 1 atom stereocenters. The minimum atomic E-state index is -3.62. The van der Waals surface area contributed by atoms with Gasteiger partial charge in [-0.1, -0.05) is 13.0 Å². The lowest BCUT2D eigenvalue weighted by molar-refractivity contribution is 0.0302. The normalized spacial score (nSPS) is 17.1. The fourth-order valence-electron chi connectivity index (χ4n) is 2.35. The number of hydrogen-bond acceptors (Lipinski definition) is 4. The number of morpholine rings is 1. The van der Waals surface area contributed by atoms with E-state index in [0.717, 1.165) is 5.56 Å². The van der Waals surface area contributed by atoms with Crippen LogP contribution in [0.5, 0.6) is 0 Å². The van der Waals surface area contributed by atoms with Crippen molar-refractivity contribution in [3.05, 3.63) is 29.3 Å². The number of nitrogens with one attached hydrogen (secondary N) is 1. The van der Waals surface area contributed by atoms with Gasteiger partial charge in [0.2, 0.25) is 10.0 Å². The Balaban J connectivity index is 2.30. The molecule has 0 unspecified atom stereocenters. The second-order valence-corrected chi connectivity index (χ2v) is 7.53. The second-order valence-electron chi connectivity index (χ2n) is 5.81. The van der Waals surface area contributed by atoms with Gasteiger partial charge >= 0.3 is 0 Å². The van der Waals surface area contributed by atoms with Crippen LogP contribution in [0.2, 0.25) is 0 Å². The summed E-state index contributed by atoms with van der Waals surface area (Å²) in [5.41, 5.74) is 1.20. The molecule has 1 aromatic rings. The first-order valence-corrected chi connectivity index (χ1v) is 9.33. The molecule has 1 saturated heterocycles. The van der Waals surface area contributed by atoms with Gasteiger partial charge in [-0.25, -0.2) is 13.1 Å². The number of amides is 1. The molecule has 0 saturated carbocycles. The summed E-state index contributed by atoms with van der Waals surface area (Å²) in [6.45, 7) is 7.62. The third-order valence-corrected chi connectivity index (χ3v) is 5.60. The van der Waals surface area contributed by atoms with E-state index in [-0.39, 0.29) is 16.8 Å². The lowest BCUT2D eigenvalue weighted by Crippen LogP contribution is -2.41. The van der Waals surface area contributed by atoms with Gasteiger partial charge < -0.3 is 9.64 Å². The van der Waals surface area contributed by atoms with E-state index < -0.39 is 10.0 Å². The fourth-order valence-corrected chi connectivity index (χ4v) is 3.70. The van der Waals surface area contributed by atoms with E-state index >= 15 is 0 Å². The number of nitrogens with zero attached hydrogens (tertiary/aromatic N) is 1. The summed E-state index contributed by atoms with van der Waals surface area (Å²) >= 11 is 0. The summed E-state index contributed by atoms with van der Waals surface area (Å²) in [5, 5.41) is 0. The Morgan fingerprint density at radius 1 is 1.35 bits per heavy atom. The number of rotatable bonds is 5. The number of benzene rings is 1. The summed E-state index contributed by atoms with van der Waals surface area (Å²) in [5.74, 6) is -0.147. The van der Waals surface area contributed by atoms with Crippen molar-refractivity contribution in [1.82, 2.24) is 9.62 Å². The zero-order valence-corrected chi connectivity index (χ0v) is 14.6. The molecule has 1 amide bonds. The van der Waals surface area contributed by atoms with Crippen LogP contribution >= 0.6 is 0 Å². The summed E-state index contributed by atoms with van der Waals surface area (Å²) in [6, 6.07) is 4.53. The van der Waals surface area contributed by atoms with Gasteiger partial charge in [-0.15, -0.1) is 0 Å². The highest BCUT2D eigenvalue weighted by Gasteiger charge is 2.23. The second kappa shape index (κ2) is 7.42. The summed E-state index contributed by atoms with van der Waals surface area (Å²) in [6.07, 6.45) is 0.699. The van der Waals surface area contributed by atoms with Gasteiger partial charge in [0.05, 0.1) is 18.1 Å². The Kier molecular flexibility index (Phi) is 5.78. The summed E-state index contributed by atoms with van der Waals surface area (Å²) in [4.78, 5) is 14.5. The Morgan fingerprint density at radius 3 is 2.61 bits per heavy atom. The third-order valence-electron chi connectivity index (χ3n) is 4.02. The van der Waals surface area contributed by atoms with Crippen LogP contribution in [0.1, 0.15) is 36.2 Å². The van der Waals surface area contributed by atoms with Crippen LogP contribution in [0.25, 0.3) is 0 Å². The Morgan fingerprint density at radius 2 is 2.00 bits per heavy atom. The highest BCUT2D eigenvalue weighted by molar-refractivity contribution is 7.89. The molecule has 0 bridgehead atoms. The number of carbonyl (C=O) groups is 1. The zero-order valence-electron chi connectivity index (χ0n) is 13.8. The largest absolute Gasteiger partial charge is 0.378 e. The molecule has 128 valence electrons. The molecule has 6 nitrogen and oxygen atoms in total. The highest BCUT2D eigenvalue weighted by Crippen LogP contribution is 2.18. The first kappa shape index (κ1) is 17.9. The molecule has 23 heavy (non-hydrogen) atoms. The van der Waals surface area contributed by atoms with E-state index in [1.165, 1.54) is 12.1 Å². The quantitative estimate of drug-likeness (QED) is 0.882. The van der Waals surface area contributed by atoms with Crippen molar-refractivity contribution >= 4 is 15.9 Å². The van der Waals surface area contributed by atoms with Gasteiger partial charge in [0.15, 0.2) is 0 Å². The van der Waals surface area contributed by atoms with Crippen LogP contribution in [-0.4, -0.2) is 51.6 Å². The van der Waals surface area contributed by atoms with E-state index in [0.29, 0.717) is 38.3 Å². The molecule has 1 aliphatic rings. The average molecular weight is 340 g/mol. The molecule has 1 aliphatic heterocycles. The van der Waals surface area contributed by atoms with Crippen molar-refractivity contribution in [2.24, 2.45) is 0 Å². The number of sulfonamides is 1. The zero-order chi connectivity index (χ0) is 17.0. The minimum Gasteiger partial charge on any atom is -0.378 e. The molecular formula is C16H24N2O4S. The lowest BCUT2D eigenvalue weighted by atomic mass is 10.1. The number of carbonyl (C=O) groups excluding carboxylic acids is 1. The van der Waals surface area contributed by atoms with Crippen molar-refractivity contribution in [2.75, 3.05) is 26.3 Å². The summed E-state index contributed by atoms with van der Waals surface area (Å²) in [7, 11) is -3.62. The van der Waals surface area contributed by atoms with Gasteiger partial charge in [0.1, 0.15) is 0 Å². The van der Waals surface area contributed by atoms with E-state index in [2.05, 4.69) is 4.72 Å². The van der Waals surface area contributed by atoms with Crippen molar-refractivity contribution < 1.29 is 17.9 Å². The lowest BCUT2D eigenvalue weighted by Gasteiger charge is -2.27. The van der Waals surface area contributed by atoms with Crippen molar-refractivity contribution in [2.45, 2.75) is 38.1 Å². The molecule has 0 radical (unpaired) electrons. The SMILES string of the molecule is CC[C@H](C)NS(=O)(=O)c1ccc(C)c(C(=O)N2CCOCC2)c1. The van der Waals surface area contributed by atoms with Crippen LogP contribution in [0, 0.1) is 6.92 Å². The first-order chi connectivity index (χ1) is 10.8. The molecule has 1 fully saturated rings. The highest BCUT2D eigenvalue weighted by atomic mass is 32.2. The standard InChI is InChI=1S/C16H24N2O4S/c1-4-13(3)17-23(20,21)14-6-5-12(2)15(11-14)16(19)18-7-9-22-10-8-18/h5-6,11,13,17H,4,7-10H2,1-3H3/t13-/m0/s1. The summed E-state index contributed by atoms with van der Waals surface area (Å²) < 4.78 is 32.7. The smallest absolute Gasteiger partial charge is 0.254 e. The maximum absolute atomic E-state index is 12.6. The molecule has 1 N–H and O–H groups in total. The third kappa shape index (κ3) is 4.31. The molecular weight excluding hydrogens is 316 g/mol. The number of hydrogen-bond donors (Lipinski definition) is 1. The monoisotopic (exact) mass is 340 g/mol. The Hall–Kier alpha value is -1.44. The minimum absolute atomic E-state index is 0.125. The molecule has 0 aliphatic carbocycles. The van der Waals surface area contributed by atoms with Gasteiger partial charge in [0, 0.05) is 24.7 Å².